The molecule has 4 rings (SSSR count). The van der Waals surface area contributed by atoms with Crippen molar-refractivity contribution in [1.29, 1.82) is 0 Å². The lowest BCUT2D eigenvalue weighted by Gasteiger charge is -2.32. The zero-order chi connectivity index (χ0) is 31.7. The summed E-state index contributed by atoms with van der Waals surface area (Å²) in [5.74, 6) is 2.30. The molecule has 0 radical (unpaired) electrons. The largest absolute Gasteiger partial charge is 0.0599 e. The molecule has 0 aliphatic heterocycles. The Morgan fingerprint density at radius 1 is 0.690 bits per heavy atom. The van der Waals surface area contributed by atoms with Crippen LogP contribution in [0.3, 0.4) is 0 Å². The Morgan fingerprint density at radius 3 is 1.74 bits per heavy atom. The van der Waals surface area contributed by atoms with Gasteiger partial charge in [0.25, 0.3) is 0 Å². The highest BCUT2D eigenvalue weighted by molar-refractivity contribution is 5.75. The van der Waals surface area contributed by atoms with Crippen LogP contribution < -0.4 is 0 Å². The van der Waals surface area contributed by atoms with Gasteiger partial charge in [0.2, 0.25) is 0 Å². The van der Waals surface area contributed by atoms with Crippen molar-refractivity contribution in [2.24, 2.45) is 11.3 Å². The number of aryl methyl sites for hydroxylation is 1. The lowest BCUT2D eigenvalue weighted by molar-refractivity contribution is 0.407. The smallest absolute Gasteiger partial charge is 0.0269 e. The molecule has 3 atom stereocenters. The minimum absolute atomic E-state index is 0.264. The van der Waals surface area contributed by atoms with Crippen molar-refractivity contribution in [3.8, 4) is 0 Å². The molecule has 0 fully saturated rings. The van der Waals surface area contributed by atoms with Crippen LogP contribution in [0.1, 0.15) is 168 Å². The first-order valence-corrected chi connectivity index (χ1v) is 16.6. The van der Waals surface area contributed by atoms with Gasteiger partial charge in [-0.2, -0.15) is 0 Å². The van der Waals surface area contributed by atoms with Gasteiger partial charge in [-0.05, 0) is 164 Å². The van der Waals surface area contributed by atoms with E-state index in [0.717, 1.165) is 6.42 Å². The molecular formula is C42H60. The number of hydrogen-bond donors (Lipinski definition) is 0. The van der Waals surface area contributed by atoms with Crippen molar-refractivity contribution in [2.45, 2.75) is 148 Å². The number of hydrogen-bond acceptors (Lipinski definition) is 0. The van der Waals surface area contributed by atoms with E-state index in [-0.39, 0.29) is 5.41 Å². The molecule has 0 bridgehead atoms. The van der Waals surface area contributed by atoms with Crippen LogP contribution in [0, 0.1) is 46.0 Å². The molecule has 228 valence electrons. The maximum atomic E-state index is 2.60. The average Bonchev–Trinajstić information content (AvgIpc) is 3.33. The summed E-state index contributed by atoms with van der Waals surface area (Å²) in [6, 6.07) is 2.54. The Labute approximate surface area is 259 Å². The van der Waals surface area contributed by atoms with Gasteiger partial charge in [-0.25, -0.2) is 0 Å². The van der Waals surface area contributed by atoms with E-state index in [9.17, 15) is 0 Å². The molecule has 0 heteroatoms. The molecule has 0 aromatic heterocycles. The summed E-state index contributed by atoms with van der Waals surface area (Å²) in [7, 11) is 0. The SMILES string of the molecule is CC1=C(C)C(c2c(C)c(C)c3c(c2C)C(C)C(C(C)C(C)c2cc(C)c(C)c(CC(C)(C)C)c2C(C)C)=C3)C(C)=C1C. The van der Waals surface area contributed by atoms with Crippen LogP contribution in [0.5, 0.6) is 0 Å². The third kappa shape index (κ3) is 5.20. The van der Waals surface area contributed by atoms with Gasteiger partial charge in [0, 0.05) is 11.8 Å². The van der Waals surface area contributed by atoms with E-state index in [0.29, 0.717) is 29.6 Å². The van der Waals surface area contributed by atoms with E-state index in [1.54, 1.807) is 44.5 Å². The quantitative estimate of drug-likeness (QED) is 0.327. The first-order chi connectivity index (χ1) is 19.3. The van der Waals surface area contributed by atoms with Crippen LogP contribution >= 0.6 is 0 Å². The fourth-order valence-electron chi connectivity index (χ4n) is 8.59. The second-order valence-corrected chi connectivity index (χ2v) is 15.8. The van der Waals surface area contributed by atoms with Crippen molar-refractivity contribution >= 4 is 6.08 Å². The van der Waals surface area contributed by atoms with Crippen LogP contribution in [0.25, 0.3) is 6.08 Å². The minimum Gasteiger partial charge on any atom is -0.0599 e. The van der Waals surface area contributed by atoms with E-state index in [4.69, 9.17) is 0 Å². The molecule has 2 aromatic carbocycles. The first-order valence-electron chi connectivity index (χ1n) is 16.6. The minimum atomic E-state index is 0.264. The predicted octanol–water partition coefficient (Wildman–Crippen LogP) is 12.7. The van der Waals surface area contributed by atoms with Gasteiger partial charge in [-0.15, -0.1) is 0 Å². The molecule has 42 heavy (non-hydrogen) atoms. The summed E-state index contributed by atoms with van der Waals surface area (Å²) >= 11 is 0. The van der Waals surface area contributed by atoms with Gasteiger partial charge in [0.05, 0.1) is 0 Å². The summed E-state index contributed by atoms with van der Waals surface area (Å²) in [4.78, 5) is 0. The van der Waals surface area contributed by atoms with Gasteiger partial charge < -0.3 is 0 Å². The predicted molar refractivity (Wildman–Crippen MR) is 187 cm³/mol. The lowest BCUT2D eigenvalue weighted by atomic mass is 9.72. The van der Waals surface area contributed by atoms with E-state index in [1.807, 2.05) is 0 Å². The molecule has 0 heterocycles. The normalized spacial score (nSPS) is 19.3. The molecule has 3 unspecified atom stereocenters. The Morgan fingerprint density at radius 2 is 1.24 bits per heavy atom. The molecule has 0 nitrogen and oxygen atoms in total. The van der Waals surface area contributed by atoms with Crippen LogP contribution in [0.15, 0.2) is 33.9 Å². The average molecular weight is 565 g/mol. The fourth-order valence-corrected chi connectivity index (χ4v) is 8.59. The van der Waals surface area contributed by atoms with Crippen LogP contribution in [-0.2, 0) is 6.42 Å². The van der Waals surface area contributed by atoms with Gasteiger partial charge in [-0.3, -0.25) is 0 Å². The molecule has 0 spiro atoms. The zero-order valence-corrected chi connectivity index (χ0v) is 30.2. The maximum Gasteiger partial charge on any atom is 0.0269 e. The Bertz CT molecular complexity index is 1500. The standard InChI is InChI=1S/C42H60/c1-21(2)38-35(18-22(3)23(4)37(38)20-42(15,16)17)27(8)26(7)34-19-36-28(9)31(12)41(33(14)39(36)32(34)13)40-29(10)24(5)25(6)30(40)11/h18-19,21,26-27,32,40H,20H2,1-17H3. The third-order valence-corrected chi connectivity index (χ3v) is 11.7. The highest BCUT2D eigenvalue weighted by Gasteiger charge is 2.36. The highest BCUT2D eigenvalue weighted by atomic mass is 14.4. The summed E-state index contributed by atoms with van der Waals surface area (Å²) in [5.41, 5.74) is 24.8. The van der Waals surface area contributed by atoms with Crippen LogP contribution in [-0.4, -0.2) is 0 Å². The van der Waals surface area contributed by atoms with E-state index < -0.39 is 0 Å². The van der Waals surface area contributed by atoms with Gasteiger partial charge in [0.1, 0.15) is 0 Å². The third-order valence-electron chi connectivity index (χ3n) is 11.7. The molecule has 2 aliphatic carbocycles. The lowest BCUT2D eigenvalue weighted by Crippen LogP contribution is -2.19. The number of fused-ring (bicyclic) bond motifs is 1. The monoisotopic (exact) mass is 564 g/mol. The topological polar surface area (TPSA) is 0 Å². The number of allylic oxidation sites excluding steroid dienone is 5. The Balaban J connectivity index is 1.82. The van der Waals surface area contributed by atoms with Crippen molar-refractivity contribution in [3.05, 3.63) is 95.1 Å². The van der Waals surface area contributed by atoms with Crippen LogP contribution in [0.2, 0.25) is 0 Å². The number of rotatable bonds is 6. The van der Waals surface area contributed by atoms with Crippen molar-refractivity contribution in [2.75, 3.05) is 0 Å². The zero-order valence-electron chi connectivity index (χ0n) is 30.2. The van der Waals surface area contributed by atoms with E-state index in [2.05, 4.69) is 130 Å². The van der Waals surface area contributed by atoms with Crippen molar-refractivity contribution < 1.29 is 0 Å². The molecular weight excluding hydrogens is 504 g/mol. The van der Waals surface area contributed by atoms with Gasteiger partial charge >= 0.3 is 0 Å². The van der Waals surface area contributed by atoms with Gasteiger partial charge in [-0.1, -0.05) is 84.3 Å². The van der Waals surface area contributed by atoms with E-state index in [1.165, 1.54) is 44.5 Å². The van der Waals surface area contributed by atoms with Crippen molar-refractivity contribution in [1.82, 2.24) is 0 Å². The van der Waals surface area contributed by atoms with Gasteiger partial charge in [0.15, 0.2) is 0 Å². The van der Waals surface area contributed by atoms with E-state index >= 15 is 0 Å². The Kier molecular flexibility index (Phi) is 8.76. The summed E-state index contributed by atoms with van der Waals surface area (Å²) in [6.45, 7) is 40.7. The fraction of sp³-hybridized carbons (Fsp3) is 0.571. The molecule has 2 aromatic rings. The molecule has 0 saturated heterocycles. The molecule has 0 amide bonds. The molecule has 2 aliphatic rings. The second kappa shape index (κ2) is 11.3. The Hall–Kier alpha value is -2.34. The highest BCUT2D eigenvalue weighted by Crippen LogP contribution is 2.52. The summed E-state index contributed by atoms with van der Waals surface area (Å²) in [6.07, 6.45) is 3.73. The second-order valence-electron chi connectivity index (χ2n) is 15.8. The van der Waals surface area contributed by atoms with Crippen LogP contribution in [0.4, 0.5) is 0 Å². The number of benzene rings is 2. The first kappa shape index (κ1) is 32.6. The molecule has 0 saturated carbocycles. The summed E-state index contributed by atoms with van der Waals surface area (Å²) in [5, 5.41) is 0. The summed E-state index contributed by atoms with van der Waals surface area (Å²) < 4.78 is 0. The van der Waals surface area contributed by atoms with Crippen molar-refractivity contribution in [3.63, 3.8) is 0 Å². The maximum absolute atomic E-state index is 2.60. The molecule has 0 N–H and O–H groups in total.